The van der Waals surface area contributed by atoms with Crippen molar-refractivity contribution in [3.63, 3.8) is 0 Å². The molecule has 0 aromatic rings. The molecule has 1 saturated heterocycles. The number of likely N-dealkylation sites (tertiary alicyclic amines) is 1. The standard InChI is InChI=1S/C8H16N/c1-8(2,3)9-6-4-5-7-9/h4H,5-7H2,1-3H3. The van der Waals surface area contributed by atoms with Gasteiger partial charge in [0.15, 0.2) is 0 Å². The molecule has 1 heterocycles. The van der Waals surface area contributed by atoms with E-state index in [2.05, 4.69) is 32.1 Å². The monoisotopic (exact) mass is 126 g/mol. The van der Waals surface area contributed by atoms with Gasteiger partial charge in [-0.05, 0) is 40.2 Å². The maximum Gasteiger partial charge on any atom is 0.0125 e. The Bertz CT molecular complexity index is 85.2. The zero-order valence-electron chi connectivity index (χ0n) is 6.65. The summed E-state index contributed by atoms with van der Waals surface area (Å²) in [6.07, 6.45) is 3.63. The molecule has 9 heavy (non-hydrogen) atoms. The van der Waals surface area contributed by atoms with Gasteiger partial charge in [0, 0.05) is 12.1 Å². The Labute approximate surface area is 58.0 Å². The lowest BCUT2D eigenvalue weighted by molar-refractivity contribution is 0.179. The van der Waals surface area contributed by atoms with Crippen molar-refractivity contribution in [3.8, 4) is 0 Å². The summed E-state index contributed by atoms with van der Waals surface area (Å²) in [5, 5.41) is 0. The molecule has 0 aliphatic carbocycles. The fourth-order valence-corrected chi connectivity index (χ4v) is 1.19. The Morgan fingerprint density at radius 1 is 1.33 bits per heavy atom. The fraction of sp³-hybridized carbons (Fsp3) is 0.875. The average molecular weight is 126 g/mol. The minimum atomic E-state index is 0.382. The first-order chi connectivity index (χ1) is 4.11. The van der Waals surface area contributed by atoms with Crippen molar-refractivity contribution in [1.82, 2.24) is 4.90 Å². The van der Waals surface area contributed by atoms with Crippen LogP contribution in [0.3, 0.4) is 0 Å². The highest BCUT2D eigenvalue weighted by molar-refractivity contribution is 4.88. The maximum atomic E-state index is 2.49. The second-order valence-corrected chi connectivity index (χ2v) is 3.69. The van der Waals surface area contributed by atoms with Crippen LogP contribution in [0.1, 0.15) is 27.2 Å². The van der Waals surface area contributed by atoms with Gasteiger partial charge < -0.3 is 0 Å². The number of hydrogen-bond acceptors (Lipinski definition) is 1. The van der Waals surface area contributed by atoms with E-state index in [4.69, 9.17) is 0 Å². The molecule has 0 unspecified atom stereocenters. The molecule has 0 atom stereocenters. The van der Waals surface area contributed by atoms with E-state index in [0.29, 0.717) is 5.54 Å². The molecule has 53 valence electrons. The van der Waals surface area contributed by atoms with Crippen LogP contribution in [0.4, 0.5) is 0 Å². The van der Waals surface area contributed by atoms with Crippen LogP contribution in [-0.4, -0.2) is 23.5 Å². The van der Waals surface area contributed by atoms with E-state index in [-0.39, 0.29) is 0 Å². The van der Waals surface area contributed by atoms with Crippen LogP contribution in [0.5, 0.6) is 0 Å². The molecule has 0 spiro atoms. The van der Waals surface area contributed by atoms with Crippen LogP contribution in [0.15, 0.2) is 0 Å². The van der Waals surface area contributed by atoms with Crippen molar-refractivity contribution in [1.29, 1.82) is 0 Å². The van der Waals surface area contributed by atoms with Crippen molar-refractivity contribution in [2.75, 3.05) is 13.1 Å². The second kappa shape index (κ2) is 2.30. The summed E-state index contributed by atoms with van der Waals surface area (Å²) in [4.78, 5) is 2.49. The Hall–Kier alpha value is -0.0400. The zero-order valence-corrected chi connectivity index (χ0v) is 6.65. The van der Waals surface area contributed by atoms with Crippen molar-refractivity contribution < 1.29 is 0 Å². The van der Waals surface area contributed by atoms with E-state index in [9.17, 15) is 0 Å². The molecule has 0 saturated carbocycles. The number of rotatable bonds is 0. The molecule has 1 aliphatic rings. The van der Waals surface area contributed by atoms with Gasteiger partial charge in [0.25, 0.3) is 0 Å². The average Bonchev–Trinajstić information content (AvgIpc) is 2.08. The molecule has 1 heteroatoms. The molecule has 0 amide bonds. The summed E-state index contributed by atoms with van der Waals surface area (Å²) in [7, 11) is 0. The third kappa shape index (κ3) is 1.68. The highest BCUT2D eigenvalue weighted by atomic mass is 15.2. The predicted molar refractivity (Wildman–Crippen MR) is 40.2 cm³/mol. The summed E-state index contributed by atoms with van der Waals surface area (Å²) < 4.78 is 0. The lowest BCUT2D eigenvalue weighted by Crippen LogP contribution is -2.38. The molecule has 0 bridgehead atoms. The zero-order chi connectivity index (χ0) is 6.91. The summed E-state index contributed by atoms with van der Waals surface area (Å²) >= 11 is 0. The topological polar surface area (TPSA) is 3.24 Å². The van der Waals surface area contributed by atoms with Gasteiger partial charge in [-0.15, -0.1) is 0 Å². The van der Waals surface area contributed by atoms with Crippen LogP contribution in [0, 0.1) is 6.42 Å². The third-order valence-corrected chi connectivity index (χ3v) is 1.90. The molecule has 0 N–H and O–H groups in total. The van der Waals surface area contributed by atoms with Gasteiger partial charge in [0.2, 0.25) is 0 Å². The van der Waals surface area contributed by atoms with Gasteiger partial charge in [-0.1, -0.05) is 0 Å². The molecule has 1 aliphatic heterocycles. The quantitative estimate of drug-likeness (QED) is 0.477. The number of nitrogens with zero attached hydrogens (tertiary/aromatic N) is 1. The lowest BCUT2D eigenvalue weighted by Gasteiger charge is -2.31. The molecule has 1 rings (SSSR count). The van der Waals surface area contributed by atoms with E-state index in [0.717, 1.165) is 0 Å². The van der Waals surface area contributed by atoms with Crippen molar-refractivity contribution in [2.24, 2.45) is 0 Å². The van der Waals surface area contributed by atoms with Gasteiger partial charge in [0.1, 0.15) is 0 Å². The minimum Gasteiger partial charge on any atom is -0.298 e. The lowest BCUT2D eigenvalue weighted by atomic mass is 10.1. The van der Waals surface area contributed by atoms with E-state index in [1.807, 2.05) is 0 Å². The van der Waals surface area contributed by atoms with Crippen LogP contribution in [-0.2, 0) is 0 Å². The smallest absolute Gasteiger partial charge is 0.0125 e. The van der Waals surface area contributed by atoms with Crippen molar-refractivity contribution >= 4 is 0 Å². The molecule has 1 nitrogen and oxygen atoms in total. The first-order valence-electron chi connectivity index (χ1n) is 3.67. The van der Waals surface area contributed by atoms with Crippen LogP contribution in [0.25, 0.3) is 0 Å². The Morgan fingerprint density at radius 2 is 2.00 bits per heavy atom. The molecule has 1 radical (unpaired) electrons. The molecular weight excluding hydrogens is 110 g/mol. The SMILES string of the molecule is CC(C)(C)N1C[CH]CC1. The largest absolute Gasteiger partial charge is 0.298 e. The fourth-order valence-electron chi connectivity index (χ4n) is 1.19. The number of hydrogen-bond donors (Lipinski definition) is 0. The molecule has 0 aromatic heterocycles. The first kappa shape index (κ1) is 7.07. The molecular formula is C8H16N. The predicted octanol–water partition coefficient (Wildman–Crippen LogP) is 1.69. The third-order valence-electron chi connectivity index (χ3n) is 1.90. The van der Waals surface area contributed by atoms with Gasteiger partial charge in [-0.3, -0.25) is 4.90 Å². The Morgan fingerprint density at radius 3 is 2.22 bits per heavy atom. The van der Waals surface area contributed by atoms with Gasteiger partial charge in [-0.2, -0.15) is 0 Å². The first-order valence-corrected chi connectivity index (χ1v) is 3.67. The second-order valence-electron chi connectivity index (χ2n) is 3.69. The molecule has 1 fully saturated rings. The Kier molecular flexibility index (Phi) is 1.80. The summed E-state index contributed by atoms with van der Waals surface area (Å²) in [6.45, 7) is 9.25. The Balaban J connectivity index is 2.42. The maximum absolute atomic E-state index is 2.49. The molecule has 0 aromatic carbocycles. The van der Waals surface area contributed by atoms with Gasteiger partial charge in [-0.25, -0.2) is 0 Å². The van der Waals surface area contributed by atoms with Crippen LogP contribution in [0.2, 0.25) is 0 Å². The van der Waals surface area contributed by atoms with E-state index in [1.165, 1.54) is 19.5 Å². The van der Waals surface area contributed by atoms with E-state index in [1.54, 1.807) is 0 Å². The normalized spacial score (nSPS) is 23.0. The van der Waals surface area contributed by atoms with E-state index < -0.39 is 0 Å². The van der Waals surface area contributed by atoms with E-state index >= 15 is 0 Å². The van der Waals surface area contributed by atoms with Crippen LogP contribution < -0.4 is 0 Å². The highest BCUT2D eigenvalue weighted by Gasteiger charge is 2.23. The summed E-state index contributed by atoms with van der Waals surface area (Å²) in [5.74, 6) is 0. The van der Waals surface area contributed by atoms with Gasteiger partial charge >= 0.3 is 0 Å². The summed E-state index contributed by atoms with van der Waals surface area (Å²) in [6, 6.07) is 0. The highest BCUT2D eigenvalue weighted by Crippen LogP contribution is 2.18. The van der Waals surface area contributed by atoms with Crippen LogP contribution >= 0.6 is 0 Å². The minimum absolute atomic E-state index is 0.382. The van der Waals surface area contributed by atoms with Crippen molar-refractivity contribution in [2.45, 2.75) is 32.7 Å². The van der Waals surface area contributed by atoms with Crippen molar-refractivity contribution in [3.05, 3.63) is 6.42 Å². The summed E-state index contributed by atoms with van der Waals surface area (Å²) in [5.41, 5.74) is 0.382. The van der Waals surface area contributed by atoms with Gasteiger partial charge in [0.05, 0.1) is 0 Å².